The Labute approximate surface area is 91.1 Å². The maximum atomic E-state index is 5.73. The van der Waals surface area contributed by atoms with Crippen LogP contribution in [0.2, 0.25) is 0 Å². The van der Waals surface area contributed by atoms with E-state index in [9.17, 15) is 0 Å². The highest BCUT2D eigenvalue weighted by Gasteiger charge is 2.01. The van der Waals surface area contributed by atoms with E-state index < -0.39 is 0 Å². The van der Waals surface area contributed by atoms with Crippen molar-refractivity contribution in [1.82, 2.24) is 0 Å². The van der Waals surface area contributed by atoms with Gasteiger partial charge in [0.1, 0.15) is 11.3 Å². The predicted octanol–water partition coefficient (Wildman–Crippen LogP) is 4.37. The Hall–Kier alpha value is -1.24. The molecule has 0 aliphatic heterocycles. The minimum Gasteiger partial charge on any atom is -0.461 e. The molecule has 1 aromatic carbocycles. The van der Waals surface area contributed by atoms with Crippen molar-refractivity contribution in [2.24, 2.45) is 0 Å². The molecule has 2 rings (SSSR count). The van der Waals surface area contributed by atoms with Crippen LogP contribution in [0.5, 0.6) is 0 Å². The van der Waals surface area contributed by atoms with E-state index in [1.165, 1.54) is 24.6 Å². The molecule has 0 unspecified atom stereocenters. The average molecular weight is 201 g/mol. The SMILES string of the molecule is [CH2]CCCCCc1cc2ccccc2o1. The maximum absolute atomic E-state index is 5.73. The first-order valence-corrected chi connectivity index (χ1v) is 5.67. The van der Waals surface area contributed by atoms with Crippen LogP contribution >= 0.6 is 0 Å². The van der Waals surface area contributed by atoms with E-state index in [1.54, 1.807) is 0 Å². The molecule has 0 saturated heterocycles. The predicted molar refractivity (Wildman–Crippen MR) is 63.7 cm³/mol. The number of rotatable bonds is 5. The van der Waals surface area contributed by atoms with Crippen LogP contribution in [0.3, 0.4) is 0 Å². The Kier molecular flexibility index (Phi) is 3.44. The molecular formula is C14H17O. The Bertz CT molecular complexity index is 381. The van der Waals surface area contributed by atoms with E-state index in [2.05, 4.69) is 19.1 Å². The van der Waals surface area contributed by atoms with Gasteiger partial charge in [0.25, 0.3) is 0 Å². The van der Waals surface area contributed by atoms with Crippen LogP contribution in [0.15, 0.2) is 34.7 Å². The Morgan fingerprint density at radius 1 is 1.07 bits per heavy atom. The van der Waals surface area contributed by atoms with Crippen molar-refractivity contribution in [2.75, 3.05) is 0 Å². The van der Waals surface area contributed by atoms with Gasteiger partial charge in [0.15, 0.2) is 0 Å². The number of para-hydroxylation sites is 1. The first kappa shape index (κ1) is 10.3. The van der Waals surface area contributed by atoms with Crippen LogP contribution in [0.4, 0.5) is 0 Å². The van der Waals surface area contributed by atoms with Gasteiger partial charge in [-0.05, 0) is 18.6 Å². The normalized spacial score (nSPS) is 11.0. The second-order valence-corrected chi connectivity index (χ2v) is 3.91. The third kappa shape index (κ3) is 2.62. The molecule has 1 radical (unpaired) electrons. The molecule has 0 fully saturated rings. The summed E-state index contributed by atoms with van der Waals surface area (Å²) in [5.41, 5.74) is 1.00. The zero-order valence-electron chi connectivity index (χ0n) is 9.04. The topological polar surface area (TPSA) is 13.1 Å². The zero-order valence-corrected chi connectivity index (χ0v) is 9.04. The maximum Gasteiger partial charge on any atom is 0.134 e. The van der Waals surface area contributed by atoms with E-state index in [0.717, 1.165) is 24.2 Å². The summed E-state index contributed by atoms with van der Waals surface area (Å²) < 4.78 is 5.73. The van der Waals surface area contributed by atoms with Gasteiger partial charge in [0.2, 0.25) is 0 Å². The molecule has 0 saturated carbocycles. The average Bonchev–Trinajstić information content (AvgIpc) is 2.67. The minimum absolute atomic E-state index is 1.00. The summed E-state index contributed by atoms with van der Waals surface area (Å²) in [4.78, 5) is 0. The number of hydrogen-bond acceptors (Lipinski definition) is 1. The molecule has 15 heavy (non-hydrogen) atoms. The monoisotopic (exact) mass is 201 g/mol. The van der Waals surface area contributed by atoms with Crippen LogP contribution in [-0.2, 0) is 6.42 Å². The highest BCUT2D eigenvalue weighted by molar-refractivity contribution is 5.77. The lowest BCUT2D eigenvalue weighted by Crippen LogP contribution is -1.81. The molecule has 79 valence electrons. The molecule has 0 aliphatic rings. The van der Waals surface area contributed by atoms with Crippen LogP contribution in [0.1, 0.15) is 31.4 Å². The van der Waals surface area contributed by atoms with Crippen LogP contribution in [0.25, 0.3) is 11.0 Å². The van der Waals surface area contributed by atoms with Crippen molar-refractivity contribution in [3.63, 3.8) is 0 Å². The molecule has 1 heterocycles. The van der Waals surface area contributed by atoms with Crippen molar-refractivity contribution in [3.8, 4) is 0 Å². The summed E-state index contributed by atoms with van der Waals surface area (Å²) in [6.45, 7) is 3.84. The molecular weight excluding hydrogens is 184 g/mol. The third-order valence-corrected chi connectivity index (χ3v) is 2.65. The van der Waals surface area contributed by atoms with Crippen LogP contribution in [-0.4, -0.2) is 0 Å². The smallest absolute Gasteiger partial charge is 0.134 e. The van der Waals surface area contributed by atoms with Gasteiger partial charge in [-0.25, -0.2) is 0 Å². The largest absolute Gasteiger partial charge is 0.461 e. The summed E-state index contributed by atoms with van der Waals surface area (Å²) in [6, 6.07) is 10.3. The molecule has 0 aliphatic carbocycles. The zero-order chi connectivity index (χ0) is 10.5. The number of benzene rings is 1. The molecule has 2 aromatic rings. The van der Waals surface area contributed by atoms with E-state index in [-0.39, 0.29) is 0 Å². The number of unbranched alkanes of at least 4 members (excludes halogenated alkanes) is 3. The fraction of sp³-hybridized carbons (Fsp3) is 0.357. The Morgan fingerprint density at radius 3 is 2.73 bits per heavy atom. The third-order valence-electron chi connectivity index (χ3n) is 2.65. The van der Waals surface area contributed by atoms with E-state index in [4.69, 9.17) is 4.42 Å². The molecule has 0 atom stereocenters. The molecule has 1 aromatic heterocycles. The number of aryl methyl sites for hydroxylation is 1. The highest BCUT2D eigenvalue weighted by Crippen LogP contribution is 2.20. The van der Waals surface area contributed by atoms with Gasteiger partial charge in [-0.2, -0.15) is 0 Å². The lowest BCUT2D eigenvalue weighted by atomic mass is 10.1. The molecule has 1 heteroatoms. The fourth-order valence-electron chi connectivity index (χ4n) is 1.81. The fourth-order valence-corrected chi connectivity index (χ4v) is 1.81. The van der Waals surface area contributed by atoms with Gasteiger partial charge in [-0.1, -0.05) is 44.4 Å². The van der Waals surface area contributed by atoms with Crippen molar-refractivity contribution >= 4 is 11.0 Å². The second kappa shape index (κ2) is 5.01. The standard InChI is InChI=1S/C14H17O/c1-2-3-4-5-9-13-11-12-8-6-7-10-14(12)15-13/h6-8,10-11H,1-5,9H2. The first-order valence-electron chi connectivity index (χ1n) is 5.67. The van der Waals surface area contributed by atoms with Crippen molar-refractivity contribution < 1.29 is 4.42 Å². The van der Waals surface area contributed by atoms with Crippen molar-refractivity contribution in [1.29, 1.82) is 0 Å². The number of furan rings is 1. The summed E-state index contributed by atoms with van der Waals surface area (Å²) in [5.74, 6) is 1.11. The summed E-state index contributed by atoms with van der Waals surface area (Å²) in [6.07, 6.45) is 5.77. The highest BCUT2D eigenvalue weighted by atomic mass is 16.3. The van der Waals surface area contributed by atoms with Crippen LogP contribution in [0, 0.1) is 6.92 Å². The van der Waals surface area contributed by atoms with Gasteiger partial charge in [-0.3, -0.25) is 0 Å². The minimum atomic E-state index is 1.00. The molecule has 0 bridgehead atoms. The van der Waals surface area contributed by atoms with Gasteiger partial charge in [0, 0.05) is 11.8 Å². The molecule has 1 nitrogen and oxygen atoms in total. The quantitative estimate of drug-likeness (QED) is 0.655. The lowest BCUT2D eigenvalue weighted by molar-refractivity contribution is 0.529. The molecule has 0 N–H and O–H groups in total. The number of fused-ring (bicyclic) bond motifs is 1. The van der Waals surface area contributed by atoms with Gasteiger partial charge < -0.3 is 4.42 Å². The first-order chi connectivity index (χ1) is 7.40. The number of hydrogen-bond donors (Lipinski definition) is 0. The van der Waals surface area contributed by atoms with Crippen LogP contribution < -0.4 is 0 Å². The van der Waals surface area contributed by atoms with Gasteiger partial charge in [0.05, 0.1) is 0 Å². The lowest BCUT2D eigenvalue weighted by Gasteiger charge is -1.95. The van der Waals surface area contributed by atoms with Crippen molar-refractivity contribution in [3.05, 3.63) is 43.0 Å². The molecule has 0 amide bonds. The van der Waals surface area contributed by atoms with Crippen molar-refractivity contribution in [2.45, 2.75) is 32.1 Å². The molecule has 0 spiro atoms. The summed E-state index contributed by atoms with van der Waals surface area (Å²) in [7, 11) is 0. The summed E-state index contributed by atoms with van der Waals surface area (Å²) >= 11 is 0. The summed E-state index contributed by atoms with van der Waals surface area (Å²) in [5, 5.41) is 1.21. The Balaban J connectivity index is 1.97. The van der Waals surface area contributed by atoms with Gasteiger partial charge in [-0.15, -0.1) is 0 Å². The van der Waals surface area contributed by atoms with Gasteiger partial charge >= 0.3 is 0 Å². The van der Waals surface area contributed by atoms with E-state index >= 15 is 0 Å². The van der Waals surface area contributed by atoms with E-state index in [0.29, 0.717) is 0 Å². The van der Waals surface area contributed by atoms with E-state index in [1.807, 2.05) is 18.2 Å². The second-order valence-electron chi connectivity index (χ2n) is 3.91. The Morgan fingerprint density at radius 2 is 1.93 bits per heavy atom.